The van der Waals surface area contributed by atoms with Crippen LogP contribution in [0, 0.1) is 5.92 Å². The van der Waals surface area contributed by atoms with Gasteiger partial charge in [-0.05, 0) is 12.3 Å². The van der Waals surface area contributed by atoms with Crippen LogP contribution in [0.2, 0.25) is 0 Å². The minimum atomic E-state index is -1.13. The van der Waals surface area contributed by atoms with Crippen LogP contribution in [0.1, 0.15) is 19.8 Å². The number of anilines is 1. The maximum Gasteiger partial charge on any atom is 0.226 e. The highest BCUT2D eigenvalue weighted by Gasteiger charge is 2.10. The molecule has 0 aromatic carbocycles. The molecule has 0 spiro atoms. The molecular formula is C9H11N2O3S-. The van der Waals surface area contributed by atoms with Gasteiger partial charge in [-0.1, -0.05) is 6.92 Å². The van der Waals surface area contributed by atoms with Crippen LogP contribution in [0.15, 0.2) is 11.6 Å². The lowest BCUT2D eigenvalue weighted by Gasteiger charge is -2.10. The number of nitrogens with zero attached hydrogens (tertiary/aromatic N) is 1. The second kappa shape index (κ2) is 5.45. The number of thiazole rings is 1. The van der Waals surface area contributed by atoms with E-state index in [4.69, 9.17) is 0 Å². The van der Waals surface area contributed by atoms with Crippen LogP contribution in [0.5, 0.6) is 0 Å². The summed E-state index contributed by atoms with van der Waals surface area (Å²) in [5.41, 5.74) is 0. The Bertz CT molecular complexity index is 337. The zero-order valence-electron chi connectivity index (χ0n) is 8.23. The summed E-state index contributed by atoms with van der Waals surface area (Å²) in [5, 5.41) is 15.1. The Hall–Kier alpha value is -1.43. The van der Waals surface area contributed by atoms with Crippen LogP contribution in [-0.4, -0.2) is 16.9 Å². The molecule has 1 amide bonds. The molecule has 1 atom stereocenters. The van der Waals surface area contributed by atoms with Gasteiger partial charge in [-0.15, -0.1) is 11.3 Å². The molecule has 82 valence electrons. The summed E-state index contributed by atoms with van der Waals surface area (Å²) in [6.45, 7) is 1.69. The number of carbonyl (C=O) groups excluding carboxylic acids is 2. The predicted molar refractivity (Wildman–Crippen MR) is 54.1 cm³/mol. The molecule has 0 saturated heterocycles. The van der Waals surface area contributed by atoms with E-state index >= 15 is 0 Å². The van der Waals surface area contributed by atoms with E-state index in [1.807, 2.05) is 0 Å². The highest BCUT2D eigenvalue weighted by Crippen LogP contribution is 2.13. The van der Waals surface area contributed by atoms with Gasteiger partial charge in [0.25, 0.3) is 0 Å². The first-order valence-electron chi connectivity index (χ1n) is 4.47. The van der Waals surface area contributed by atoms with Crippen molar-refractivity contribution in [1.82, 2.24) is 4.98 Å². The molecule has 0 radical (unpaired) electrons. The average Bonchev–Trinajstić information content (AvgIpc) is 2.53. The molecule has 1 aromatic heterocycles. The summed E-state index contributed by atoms with van der Waals surface area (Å²) in [6.07, 6.45) is 1.64. The van der Waals surface area contributed by atoms with Crippen LogP contribution >= 0.6 is 11.3 Å². The molecule has 0 bridgehead atoms. The fraction of sp³-hybridized carbons (Fsp3) is 0.444. The largest absolute Gasteiger partial charge is 0.550 e. The van der Waals surface area contributed by atoms with E-state index < -0.39 is 5.97 Å². The maximum atomic E-state index is 11.3. The van der Waals surface area contributed by atoms with Gasteiger partial charge in [0.05, 0.1) is 0 Å². The van der Waals surface area contributed by atoms with Gasteiger partial charge in [0.2, 0.25) is 5.91 Å². The number of carboxylic acids is 1. The molecule has 0 aliphatic heterocycles. The van der Waals surface area contributed by atoms with Gasteiger partial charge in [-0.25, -0.2) is 4.98 Å². The number of nitrogens with one attached hydrogen (secondary N) is 1. The monoisotopic (exact) mass is 227 g/mol. The summed E-state index contributed by atoms with van der Waals surface area (Å²) >= 11 is 1.32. The predicted octanol–water partition coefficient (Wildman–Crippen LogP) is 0.248. The van der Waals surface area contributed by atoms with Crippen LogP contribution in [0.4, 0.5) is 5.13 Å². The quantitative estimate of drug-likeness (QED) is 0.781. The van der Waals surface area contributed by atoms with Gasteiger partial charge < -0.3 is 15.2 Å². The van der Waals surface area contributed by atoms with E-state index in [9.17, 15) is 14.7 Å². The van der Waals surface area contributed by atoms with Crippen molar-refractivity contribution in [3.05, 3.63) is 11.6 Å². The summed E-state index contributed by atoms with van der Waals surface area (Å²) in [7, 11) is 0. The van der Waals surface area contributed by atoms with Crippen molar-refractivity contribution in [3.8, 4) is 0 Å². The lowest BCUT2D eigenvalue weighted by molar-refractivity contribution is -0.306. The van der Waals surface area contributed by atoms with E-state index in [1.165, 1.54) is 11.3 Å². The van der Waals surface area contributed by atoms with Crippen molar-refractivity contribution < 1.29 is 14.7 Å². The first kappa shape index (κ1) is 11.6. The second-order valence-electron chi connectivity index (χ2n) is 3.27. The van der Waals surface area contributed by atoms with E-state index in [0.29, 0.717) is 5.13 Å². The van der Waals surface area contributed by atoms with Gasteiger partial charge in [0, 0.05) is 24.0 Å². The number of hydrogen-bond donors (Lipinski definition) is 1. The number of aliphatic carboxylic acids is 1. The Morgan fingerprint density at radius 1 is 1.60 bits per heavy atom. The zero-order chi connectivity index (χ0) is 11.3. The summed E-state index contributed by atoms with van der Waals surface area (Å²) < 4.78 is 0. The molecule has 0 saturated carbocycles. The van der Waals surface area contributed by atoms with Crippen molar-refractivity contribution in [2.24, 2.45) is 5.92 Å². The number of carbonyl (C=O) groups is 2. The van der Waals surface area contributed by atoms with Crippen molar-refractivity contribution in [1.29, 1.82) is 0 Å². The van der Waals surface area contributed by atoms with Crippen molar-refractivity contribution >= 4 is 28.3 Å². The Morgan fingerprint density at radius 2 is 2.33 bits per heavy atom. The van der Waals surface area contributed by atoms with Crippen LogP contribution in [0.3, 0.4) is 0 Å². The topological polar surface area (TPSA) is 82.1 Å². The van der Waals surface area contributed by atoms with Gasteiger partial charge in [-0.2, -0.15) is 0 Å². The summed E-state index contributed by atoms with van der Waals surface area (Å²) in [5.74, 6) is -1.58. The van der Waals surface area contributed by atoms with Crippen molar-refractivity contribution in [2.45, 2.75) is 19.8 Å². The fourth-order valence-electron chi connectivity index (χ4n) is 1.13. The minimum Gasteiger partial charge on any atom is -0.550 e. The fourth-order valence-corrected chi connectivity index (χ4v) is 1.67. The lowest BCUT2D eigenvalue weighted by atomic mass is 10.0. The maximum absolute atomic E-state index is 11.3. The standard InChI is InChI=1S/C9H12N2O3S/c1-6(5-8(13)14)4-7(12)11-9-10-2-3-15-9/h2-3,6H,4-5H2,1H3,(H,13,14)(H,10,11,12)/p-1/t6-/m1/s1. The summed E-state index contributed by atoms with van der Waals surface area (Å²) in [4.78, 5) is 25.5. The van der Waals surface area contributed by atoms with Gasteiger partial charge in [0.15, 0.2) is 5.13 Å². The van der Waals surface area contributed by atoms with Gasteiger partial charge in [-0.3, -0.25) is 4.79 Å². The van der Waals surface area contributed by atoms with E-state index in [2.05, 4.69) is 10.3 Å². The molecule has 1 heterocycles. The van der Waals surface area contributed by atoms with E-state index in [0.717, 1.165) is 0 Å². The average molecular weight is 227 g/mol. The molecular weight excluding hydrogens is 216 g/mol. The number of aromatic nitrogens is 1. The minimum absolute atomic E-state index is 0.106. The molecule has 6 heteroatoms. The van der Waals surface area contributed by atoms with Crippen molar-refractivity contribution in [2.75, 3.05) is 5.32 Å². The van der Waals surface area contributed by atoms with Crippen molar-refractivity contribution in [3.63, 3.8) is 0 Å². The smallest absolute Gasteiger partial charge is 0.226 e. The number of hydrogen-bond acceptors (Lipinski definition) is 5. The molecule has 0 unspecified atom stereocenters. The first-order chi connectivity index (χ1) is 7.08. The molecule has 0 fully saturated rings. The Kier molecular flexibility index (Phi) is 4.23. The molecule has 5 nitrogen and oxygen atoms in total. The van der Waals surface area contributed by atoms with Crippen LogP contribution in [0.25, 0.3) is 0 Å². The normalized spacial score (nSPS) is 12.1. The molecule has 1 N–H and O–H groups in total. The van der Waals surface area contributed by atoms with E-state index in [1.54, 1.807) is 18.5 Å². The van der Waals surface area contributed by atoms with Gasteiger partial charge in [0.1, 0.15) is 0 Å². The van der Waals surface area contributed by atoms with E-state index in [-0.39, 0.29) is 24.7 Å². The first-order valence-corrected chi connectivity index (χ1v) is 5.35. The third kappa shape index (κ3) is 4.55. The number of rotatable bonds is 5. The number of amides is 1. The van der Waals surface area contributed by atoms with Crippen LogP contribution in [-0.2, 0) is 9.59 Å². The Labute approximate surface area is 91.1 Å². The van der Waals surface area contributed by atoms with Gasteiger partial charge >= 0.3 is 0 Å². The molecule has 1 aromatic rings. The Balaban J connectivity index is 2.33. The third-order valence-corrected chi connectivity index (χ3v) is 2.42. The van der Waals surface area contributed by atoms with Crippen LogP contribution < -0.4 is 10.4 Å². The highest BCUT2D eigenvalue weighted by atomic mass is 32.1. The highest BCUT2D eigenvalue weighted by molar-refractivity contribution is 7.13. The molecule has 1 rings (SSSR count). The summed E-state index contributed by atoms with van der Waals surface area (Å²) in [6, 6.07) is 0. The second-order valence-corrected chi connectivity index (χ2v) is 4.17. The number of carboxylic acid groups (broad SMARTS) is 1. The SMILES string of the molecule is C[C@@H](CC(=O)[O-])CC(=O)Nc1nccs1. The zero-order valence-corrected chi connectivity index (χ0v) is 9.04. The molecule has 15 heavy (non-hydrogen) atoms. The molecule has 0 aliphatic carbocycles. The lowest BCUT2D eigenvalue weighted by Crippen LogP contribution is -2.26. The Morgan fingerprint density at radius 3 is 2.87 bits per heavy atom. The molecule has 0 aliphatic rings. The third-order valence-electron chi connectivity index (χ3n) is 1.73.